The van der Waals surface area contributed by atoms with Gasteiger partial charge < -0.3 is 4.42 Å². The van der Waals surface area contributed by atoms with Crippen LogP contribution in [0.4, 0.5) is 0 Å². The number of hydrogen-bond acceptors (Lipinski definition) is 3. The smallest absolute Gasteiger partial charge is 0.228 e. The maximum absolute atomic E-state index is 9.13. The molecule has 0 amide bonds. The number of nitrogens with zero attached hydrogens (tertiary/aromatic N) is 3. The van der Waals surface area contributed by atoms with Crippen LogP contribution in [0.25, 0.3) is 44.2 Å². The van der Waals surface area contributed by atoms with Crippen LogP contribution >= 0.6 is 0 Å². The van der Waals surface area contributed by atoms with Crippen LogP contribution in [-0.2, 0) is 7.05 Å². The SMILES string of the molecule is Cc1ccc2c(oc3nc(C#N)ccc32)c1-c1ccc2ccccc2[n+]1C. The molecule has 0 aliphatic heterocycles. The number of aryl methyl sites for hydroxylation is 2. The Morgan fingerprint density at radius 1 is 0.963 bits per heavy atom. The van der Waals surface area contributed by atoms with Crippen LogP contribution in [-0.4, -0.2) is 4.98 Å². The van der Waals surface area contributed by atoms with Crippen molar-refractivity contribution in [3.63, 3.8) is 0 Å². The topological polar surface area (TPSA) is 53.7 Å². The summed E-state index contributed by atoms with van der Waals surface area (Å²) in [7, 11) is 2.07. The quantitative estimate of drug-likeness (QED) is 0.408. The number of aromatic nitrogens is 2. The normalized spacial score (nSPS) is 11.3. The Bertz CT molecular complexity index is 1410. The van der Waals surface area contributed by atoms with Gasteiger partial charge in [0.25, 0.3) is 0 Å². The molecule has 0 N–H and O–H groups in total. The third-order valence-electron chi connectivity index (χ3n) is 5.17. The zero-order valence-electron chi connectivity index (χ0n) is 15.0. The molecule has 0 aliphatic rings. The van der Waals surface area contributed by atoms with Crippen molar-refractivity contribution < 1.29 is 8.98 Å². The van der Waals surface area contributed by atoms with E-state index in [1.54, 1.807) is 6.07 Å². The number of nitriles is 1. The standard InChI is InChI=1S/C23H16N3O/c1-14-7-10-17-18-11-9-16(13-24)25-23(18)27-22(17)21(14)20-12-8-15-5-3-4-6-19(15)26(20)2/h3-12H,1-2H3/q+1. The van der Waals surface area contributed by atoms with Gasteiger partial charge in [-0.1, -0.05) is 24.3 Å². The third-order valence-corrected chi connectivity index (χ3v) is 5.17. The van der Waals surface area contributed by atoms with E-state index in [4.69, 9.17) is 9.68 Å². The second kappa shape index (κ2) is 5.65. The highest BCUT2D eigenvalue weighted by Crippen LogP contribution is 2.36. The minimum absolute atomic E-state index is 0.357. The number of furan rings is 1. The summed E-state index contributed by atoms with van der Waals surface area (Å²) in [5.74, 6) is 0. The molecule has 0 aliphatic carbocycles. The molecule has 0 saturated heterocycles. The van der Waals surface area contributed by atoms with Gasteiger partial charge in [0.1, 0.15) is 18.8 Å². The molecule has 0 radical (unpaired) electrons. The summed E-state index contributed by atoms with van der Waals surface area (Å²) in [5.41, 5.74) is 6.09. The second-order valence-corrected chi connectivity index (χ2v) is 6.73. The van der Waals surface area contributed by atoms with E-state index < -0.39 is 0 Å². The zero-order chi connectivity index (χ0) is 18.5. The molecule has 5 aromatic rings. The summed E-state index contributed by atoms with van der Waals surface area (Å²) in [6.45, 7) is 2.09. The molecular formula is C23H16N3O+. The molecule has 0 unspecified atom stereocenters. The Hall–Kier alpha value is -3.71. The lowest BCUT2D eigenvalue weighted by Gasteiger charge is -2.07. The Balaban J connectivity index is 1.89. The van der Waals surface area contributed by atoms with Gasteiger partial charge >= 0.3 is 0 Å². The van der Waals surface area contributed by atoms with E-state index in [0.717, 1.165) is 38.7 Å². The highest BCUT2D eigenvalue weighted by molar-refractivity contribution is 6.08. The lowest BCUT2D eigenvalue weighted by molar-refractivity contribution is -0.633. The minimum Gasteiger partial charge on any atom is -0.437 e. The minimum atomic E-state index is 0.357. The van der Waals surface area contributed by atoms with Crippen molar-refractivity contribution in [1.82, 2.24) is 4.98 Å². The molecule has 27 heavy (non-hydrogen) atoms. The number of benzene rings is 2. The number of hydrogen-bond donors (Lipinski definition) is 0. The van der Waals surface area contributed by atoms with Crippen LogP contribution in [0.15, 0.2) is 65.1 Å². The van der Waals surface area contributed by atoms with Crippen LogP contribution in [0.5, 0.6) is 0 Å². The first kappa shape index (κ1) is 15.5. The molecule has 128 valence electrons. The van der Waals surface area contributed by atoms with Gasteiger partial charge in [0.2, 0.25) is 16.9 Å². The van der Waals surface area contributed by atoms with Gasteiger partial charge in [-0.3, -0.25) is 0 Å². The second-order valence-electron chi connectivity index (χ2n) is 6.73. The first-order valence-electron chi connectivity index (χ1n) is 8.78. The molecule has 0 fully saturated rings. The number of rotatable bonds is 1. The van der Waals surface area contributed by atoms with Gasteiger partial charge in [0.15, 0.2) is 5.58 Å². The summed E-state index contributed by atoms with van der Waals surface area (Å²) < 4.78 is 8.35. The highest BCUT2D eigenvalue weighted by Gasteiger charge is 2.22. The summed E-state index contributed by atoms with van der Waals surface area (Å²) in [6.07, 6.45) is 0. The summed E-state index contributed by atoms with van der Waals surface area (Å²) >= 11 is 0. The predicted molar refractivity (Wildman–Crippen MR) is 105 cm³/mol. The van der Waals surface area contributed by atoms with Crippen LogP contribution in [0.2, 0.25) is 0 Å². The van der Waals surface area contributed by atoms with Crippen LogP contribution in [0.3, 0.4) is 0 Å². The van der Waals surface area contributed by atoms with Crippen LogP contribution in [0.1, 0.15) is 11.3 Å². The molecule has 0 saturated carbocycles. The van der Waals surface area contributed by atoms with E-state index in [-0.39, 0.29) is 0 Å². The zero-order valence-corrected chi connectivity index (χ0v) is 15.0. The number of fused-ring (bicyclic) bond motifs is 4. The Morgan fingerprint density at radius 3 is 2.63 bits per heavy atom. The highest BCUT2D eigenvalue weighted by atomic mass is 16.3. The predicted octanol–water partition coefficient (Wildman–Crippen LogP) is 4.81. The first-order valence-corrected chi connectivity index (χ1v) is 8.78. The molecule has 4 nitrogen and oxygen atoms in total. The van der Waals surface area contributed by atoms with Crippen molar-refractivity contribution in [3.8, 4) is 17.3 Å². The molecule has 0 spiro atoms. The van der Waals surface area contributed by atoms with Crippen molar-refractivity contribution in [3.05, 3.63) is 71.9 Å². The Morgan fingerprint density at radius 2 is 1.78 bits per heavy atom. The number of para-hydroxylation sites is 1. The largest absolute Gasteiger partial charge is 0.437 e. The summed E-state index contributed by atoms with van der Waals surface area (Å²) in [5, 5.41) is 12.3. The van der Waals surface area contributed by atoms with Gasteiger partial charge in [-0.2, -0.15) is 9.83 Å². The van der Waals surface area contributed by atoms with Crippen molar-refractivity contribution >= 4 is 33.0 Å². The van der Waals surface area contributed by atoms with Gasteiger partial charge in [0, 0.05) is 28.3 Å². The van der Waals surface area contributed by atoms with Crippen molar-refractivity contribution in [2.45, 2.75) is 6.92 Å². The molecule has 3 aromatic heterocycles. The van der Waals surface area contributed by atoms with E-state index in [1.807, 2.05) is 18.2 Å². The number of pyridine rings is 2. The van der Waals surface area contributed by atoms with E-state index in [1.165, 1.54) is 5.39 Å². The fourth-order valence-corrected chi connectivity index (χ4v) is 3.79. The Kier molecular flexibility index (Phi) is 3.25. The van der Waals surface area contributed by atoms with Gasteiger partial charge in [-0.25, -0.2) is 4.98 Å². The van der Waals surface area contributed by atoms with Crippen molar-refractivity contribution in [2.24, 2.45) is 7.05 Å². The van der Waals surface area contributed by atoms with Crippen molar-refractivity contribution in [1.29, 1.82) is 5.26 Å². The lowest BCUT2D eigenvalue weighted by atomic mass is 10.00. The lowest BCUT2D eigenvalue weighted by Crippen LogP contribution is -2.32. The molecule has 5 rings (SSSR count). The third kappa shape index (κ3) is 2.22. The van der Waals surface area contributed by atoms with E-state index in [2.05, 4.69) is 66.0 Å². The van der Waals surface area contributed by atoms with E-state index in [9.17, 15) is 0 Å². The molecule has 4 heteroatoms. The average Bonchev–Trinajstić information content (AvgIpc) is 3.06. The monoisotopic (exact) mass is 350 g/mol. The van der Waals surface area contributed by atoms with Crippen LogP contribution in [0, 0.1) is 18.3 Å². The van der Waals surface area contributed by atoms with Gasteiger partial charge in [-0.05, 0) is 36.8 Å². The molecule has 0 bridgehead atoms. The fourth-order valence-electron chi connectivity index (χ4n) is 3.79. The molecule has 0 atom stereocenters. The molecule has 2 aromatic carbocycles. The van der Waals surface area contributed by atoms with Crippen LogP contribution < -0.4 is 4.57 Å². The first-order chi connectivity index (χ1) is 13.2. The van der Waals surface area contributed by atoms with Gasteiger partial charge in [0.05, 0.1) is 5.56 Å². The molecular weight excluding hydrogens is 334 g/mol. The van der Waals surface area contributed by atoms with Gasteiger partial charge in [-0.15, -0.1) is 0 Å². The van der Waals surface area contributed by atoms with E-state index >= 15 is 0 Å². The average molecular weight is 350 g/mol. The maximum Gasteiger partial charge on any atom is 0.228 e. The van der Waals surface area contributed by atoms with Crippen molar-refractivity contribution in [2.75, 3.05) is 0 Å². The maximum atomic E-state index is 9.13. The fraction of sp³-hybridized carbons (Fsp3) is 0.0870. The summed E-state index contributed by atoms with van der Waals surface area (Å²) in [6, 6.07) is 22.5. The van der Waals surface area contributed by atoms with E-state index in [0.29, 0.717) is 11.4 Å². The summed E-state index contributed by atoms with van der Waals surface area (Å²) in [4.78, 5) is 4.33. The molecule has 3 heterocycles. The Labute approximate surface area is 155 Å².